The Balaban J connectivity index is 1.56. The molecule has 0 amide bonds. The summed E-state index contributed by atoms with van der Waals surface area (Å²) in [7, 11) is 0. The molecule has 3 heterocycles. The third-order valence-corrected chi connectivity index (χ3v) is 6.62. The maximum Gasteiger partial charge on any atom is 0.247 e. The summed E-state index contributed by atoms with van der Waals surface area (Å²) in [4.78, 5) is 4.61. The minimum atomic E-state index is -0.595. The Kier molecular flexibility index (Phi) is 5.84. The van der Waals surface area contributed by atoms with Crippen LogP contribution in [0.25, 0.3) is 22.6 Å². The zero-order valence-electron chi connectivity index (χ0n) is 17.2. The van der Waals surface area contributed by atoms with Crippen LogP contribution in [-0.4, -0.2) is 20.9 Å². The zero-order chi connectivity index (χ0) is 22.2. The van der Waals surface area contributed by atoms with E-state index in [2.05, 4.69) is 36.4 Å². The van der Waals surface area contributed by atoms with E-state index in [0.29, 0.717) is 33.3 Å². The number of nitrogens with one attached hydrogen (secondary N) is 1. The summed E-state index contributed by atoms with van der Waals surface area (Å²) in [5, 5.41) is 13.3. The number of benzene rings is 2. The maximum absolute atomic E-state index is 6.30. The molecule has 1 aliphatic heterocycles. The maximum atomic E-state index is 6.30. The normalized spacial score (nSPS) is 14.7. The molecule has 5 rings (SSSR count). The van der Waals surface area contributed by atoms with Crippen LogP contribution in [0, 0.1) is 6.92 Å². The van der Waals surface area contributed by atoms with Crippen molar-refractivity contribution in [2.45, 2.75) is 25.2 Å². The molecule has 0 radical (unpaired) electrons. The molecular weight excluding hydrogens is 512 g/mol. The summed E-state index contributed by atoms with van der Waals surface area (Å²) in [6, 6.07) is 15.5. The van der Waals surface area contributed by atoms with Crippen molar-refractivity contribution in [2.24, 2.45) is 0 Å². The highest BCUT2D eigenvalue weighted by Gasteiger charge is 2.28. The van der Waals surface area contributed by atoms with Crippen LogP contribution in [0.4, 0.5) is 5.69 Å². The second kappa shape index (κ2) is 8.77. The van der Waals surface area contributed by atoms with E-state index in [1.807, 2.05) is 62.4 Å². The van der Waals surface area contributed by atoms with Gasteiger partial charge >= 0.3 is 0 Å². The van der Waals surface area contributed by atoms with E-state index < -0.39 is 6.23 Å². The average molecular weight is 530 g/mol. The van der Waals surface area contributed by atoms with E-state index in [1.54, 1.807) is 0 Å². The van der Waals surface area contributed by atoms with E-state index in [9.17, 15) is 0 Å². The lowest BCUT2D eigenvalue weighted by atomic mass is 10.1. The highest BCUT2D eigenvalue weighted by molar-refractivity contribution is 9.10. The van der Waals surface area contributed by atoms with Crippen LogP contribution in [-0.2, 0) is 0 Å². The molecule has 1 N–H and O–H groups in total. The van der Waals surface area contributed by atoms with Crippen molar-refractivity contribution >= 4 is 45.0 Å². The summed E-state index contributed by atoms with van der Waals surface area (Å²) >= 11 is 11.3. The van der Waals surface area contributed by atoms with Crippen LogP contribution < -0.4 is 10.1 Å². The number of furan rings is 1. The number of anilines is 1. The van der Waals surface area contributed by atoms with Gasteiger partial charge in [-0.15, -0.1) is 10.2 Å². The van der Waals surface area contributed by atoms with Crippen molar-refractivity contribution in [2.75, 3.05) is 11.1 Å². The summed E-state index contributed by atoms with van der Waals surface area (Å²) in [6.07, 6.45) is -0.595. The summed E-state index contributed by atoms with van der Waals surface area (Å²) in [6.45, 7) is 4.01. The summed E-state index contributed by atoms with van der Waals surface area (Å²) in [5.41, 5.74) is 4.19. The van der Waals surface area contributed by atoms with E-state index in [1.165, 1.54) is 11.8 Å². The van der Waals surface area contributed by atoms with Gasteiger partial charge in [0.2, 0.25) is 17.3 Å². The van der Waals surface area contributed by atoms with Crippen LogP contribution in [0.2, 0.25) is 5.02 Å². The molecule has 162 valence electrons. The standard InChI is InChI=1S/C23H18BrClN4O2S/c1-3-32-23-27-22-20(28-29-23)15-11-14(24)6-7-17(15)26-21(31-22)19-9-8-18(30-19)13-5-4-12(2)16(25)10-13/h4-11,21,26H,3H2,1-2H3/t21-/m1/s1. The first-order valence-corrected chi connectivity index (χ1v) is 12.1. The molecule has 4 aromatic rings. The van der Waals surface area contributed by atoms with Gasteiger partial charge in [0.15, 0.2) is 11.5 Å². The minimum absolute atomic E-state index is 0.404. The van der Waals surface area contributed by atoms with Crippen LogP contribution in [0.15, 0.2) is 62.6 Å². The van der Waals surface area contributed by atoms with E-state index in [4.69, 9.17) is 20.8 Å². The van der Waals surface area contributed by atoms with Gasteiger partial charge in [0.1, 0.15) is 5.76 Å². The highest BCUT2D eigenvalue weighted by atomic mass is 79.9. The monoisotopic (exact) mass is 528 g/mol. The summed E-state index contributed by atoms with van der Waals surface area (Å²) in [5.74, 6) is 2.56. The van der Waals surface area contributed by atoms with Crippen molar-refractivity contribution in [1.29, 1.82) is 0 Å². The Morgan fingerprint density at radius 3 is 2.81 bits per heavy atom. The van der Waals surface area contributed by atoms with E-state index in [-0.39, 0.29) is 0 Å². The molecule has 32 heavy (non-hydrogen) atoms. The number of thioether (sulfide) groups is 1. The van der Waals surface area contributed by atoms with Crippen molar-refractivity contribution in [1.82, 2.24) is 15.2 Å². The van der Waals surface area contributed by atoms with Gasteiger partial charge in [-0.05, 0) is 54.6 Å². The predicted molar refractivity (Wildman–Crippen MR) is 130 cm³/mol. The van der Waals surface area contributed by atoms with Gasteiger partial charge < -0.3 is 14.5 Å². The molecular formula is C23H18BrClN4O2S. The van der Waals surface area contributed by atoms with Gasteiger partial charge in [0.05, 0.1) is 0 Å². The average Bonchev–Trinajstić information content (AvgIpc) is 3.21. The number of aromatic nitrogens is 3. The minimum Gasteiger partial charge on any atom is -0.455 e. The number of nitrogens with zero attached hydrogens (tertiary/aromatic N) is 3. The number of rotatable bonds is 4. The molecule has 1 aliphatic rings. The Hall–Kier alpha value is -2.55. The molecule has 0 bridgehead atoms. The van der Waals surface area contributed by atoms with Crippen LogP contribution in [0.3, 0.4) is 0 Å². The lowest BCUT2D eigenvalue weighted by Gasteiger charge is -2.16. The lowest BCUT2D eigenvalue weighted by Crippen LogP contribution is -2.16. The molecule has 9 heteroatoms. The molecule has 2 aromatic heterocycles. The lowest BCUT2D eigenvalue weighted by molar-refractivity contribution is 0.196. The largest absolute Gasteiger partial charge is 0.455 e. The smallest absolute Gasteiger partial charge is 0.247 e. The second-order valence-corrected chi connectivity index (χ2v) is 9.73. The van der Waals surface area contributed by atoms with Gasteiger partial charge in [-0.2, -0.15) is 4.98 Å². The van der Waals surface area contributed by atoms with Gasteiger partial charge in [-0.25, -0.2) is 0 Å². The third kappa shape index (κ3) is 4.10. The Morgan fingerprint density at radius 1 is 1.12 bits per heavy atom. The summed E-state index contributed by atoms with van der Waals surface area (Å²) < 4.78 is 13.4. The molecule has 0 saturated carbocycles. The number of fused-ring (bicyclic) bond motifs is 3. The van der Waals surface area contributed by atoms with Crippen molar-refractivity contribution in [3.05, 3.63) is 69.3 Å². The fourth-order valence-electron chi connectivity index (χ4n) is 3.38. The molecule has 0 fully saturated rings. The quantitative estimate of drug-likeness (QED) is 0.282. The number of halogens is 2. The van der Waals surface area contributed by atoms with Crippen LogP contribution in [0.5, 0.6) is 5.88 Å². The Bertz CT molecular complexity index is 1310. The number of ether oxygens (including phenoxy) is 1. The number of hydrogen-bond acceptors (Lipinski definition) is 7. The molecule has 2 aromatic carbocycles. The zero-order valence-corrected chi connectivity index (χ0v) is 20.4. The van der Waals surface area contributed by atoms with Gasteiger partial charge in [0.25, 0.3) is 0 Å². The van der Waals surface area contributed by atoms with Crippen LogP contribution >= 0.6 is 39.3 Å². The fraction of sp³-hybridized carbons (Fsp3) is 0.174. The van der Waals surface area contributed by atoms with Crippen molar-refractivity contribution < 1.29 is 9.15 Å². The number of aryl methyl sites for hydroxylation is 1. The van der Waals surface area contributed by atoms with Crippen molar-refractivity contribution in [3.63, 3.8) is 0 Å². The third-order valence-electron chi connectivity index (χ3n) is 5.00. The molecule has 0 unspecified atom stereocenters. The second-order valence-electron chi connectivity index (χ2n) is 7.18. The Morgan fingerprint density at radius 2 is 2.00 bits per heavy atom. The molecule has 1 atom stereocenters. The highest BCUT2D eigenvalue weighted by Crippen LogP contribution is 2.41. The molecule has 0 saturated heterocycles. The van der Waals surface area contributed by atoms with Gasteiger partial charge in [-0.3, -0.25) is 0 Å². The number of hydrogen-bond donors (Lipinski definition) is 1. The first-order valence-electron chi connectivity index (χ1n) is 9.98. The van der Waals surface area contributed by atoms with Gasteiger partial charge in [-0.1, -0.05) is 58.3 Å². The van der Waals surface area contributed by atoms with Crippen molar-refractivity contribution in [3.8, 4) is 28.5 Å². The first kappa shape index (κ1) is 21.3. The topological polar surface area (TPSA) is 73.1 Å². The Labute approximate surface area is 202 Å². The molecule has 0 aliphatic carbocycles. The molecule has 0 spiro atoms. The van der Waals surface area contributed by atoms with Crippen LogP contribution in [0.1, 0.15) is 24.5 Å². The predicted octanol–water partition coefficient (Wildman–Crippen LogP) is 7.14. The van der Waals surface area contributed by atoms with Gasteiger partial charge in [0, 0.05) is 26.3 Å². The SMILES string of the molecule is CCSc1nnc2c(n1)O[C@H](c1ccc(-c3ccc(C)c(Cl)c3)o1)Nc1ccc(Br)cc1-2. The molecule has 6 nitrogen and oxygen atoms in total. The first-order chi connectivity index (χ1) is 15.5. The fourth-order valence-corrected chi connectivity index (χ4v) is 4.43. The van der Waals surface area contributed by atoms with E-state index >= 15 is 0 Å². The van der Waals surface area contributed by atoms with E-state index in [0.717, 1.165) is 32.6 Å².